The standard InChI is InChI=1S/C27H37N3/c1-5-8-20(3)24-18-22-17-19(2)11-12-26(22)29-27(24)30-15-13-23(14-16-30)28-25-10-7-6-9-21(25)4/h5,8,11-12,17-18,21,23,25,28H,1,6-7,9-10,13-16H2,2-4H3. The minimum absolute atomic E-state index is 0.642. The van der Waals surface area contributed by atoms with Crippen LogP contribution in [0, 0.1) is 12.8 Å². The Balaban J connectivity index is 1.54. The summed E-state index contributed by atoms with van der Waals surface area (Å²) >= 11 is 0. The van der Waals surface area contributed by atoms with Crippen LogP contribution in [0.2, 0.25) is 0 Å². The number of nitrogens with one attached hydrogen (secondary N) is 1. The average Bonchev–Trinajstić information content (AvgIpc) is 2.75. The molecule has 2 aromatic rings. The van der Waals surface area contributed by atoms with Gasteiger partial charge in [0.15, 0.2) is 0 Å². The molecule has 3 heteroatoms. The van der Waals surface area contributed by atoms with Gasteiger partial charge >= 0.3 is 0 Å². The van der Waals surface area contributed by atoms with Crippen LogP contribution < -0.4 is 10.2 Å². The maximum atomic E-state index is 5.13. The zero-order valence-electron chi connectivity index (χ0n) is 19.0. The molecule has 0 radical (unpaired) electrons. The van der Waals surface area contributed by atoms with Gasteiger partial charge in [0.05, 0.1) is 5.52 Å². The molecule has 1 aliphatic carbocycles. The highest BCUT2D eigenvalue weighted by Crippen LogP contribution is 2.32. The Labute approximate surface area is 182 Å². The summed E-state index contributed by atoms with van der Waals surface area (Å²) in [7, 11) is 0. The summed E-state index contributed by atoms with van der Waals surface area (Å²) < 4.78 is 0. The number of hydrogen-bond acceptors (Lipinski definition) is 3. The summed E-state index contributed by atoms with van der Waals surface area (Å²) in [5, 5.41) is 5.22. The van der Waals surface area contributed by atoms with Crippen molar-refractivity contribution in [1.82, 2.24) is 10.3 Å². The predicted octanol–water partition coefficient (Wildman–Crippen LogP) is 6.27. The first-order valence-electron chi connectivity index (χ1n) is 11.8. The molecular weight excluding hydrogens is 366 g/mol. The molecule has 1 N–H and O–H groups in total. The molecule has 1 aromatic heterocycles. The van der Waals surface area contributed by atoms with Gasteiger partial charge in [0.1, 0.15) is 5.82 Å². The fraction of sp³-hybridized carbons (Fsp3) is 0.519. The SMILES string of the molecule is C=CC=C(C)c1cc2cc(C)ccc2nc1N1CCC(NC2CCCCC2C)CC1. The lowest BCUT2D eigenvalue weighted by molar-refractivity contribution is 0.243. The van der Waals surface area contributed by atoms with E-state index < -0.39 is 0 Å². The first-order chi connectivity index (χ1) is 14.5. The van der Waals surface area contributed by atoms with Gasteiger partial charge in [-0.3, -0.25) is 0 Å². The molecular formula is C27H37N3. The van der Waals surface area contributed by atoms with E-state index in [4.69, 9.17) is 4.98 Å². The molecule has 1 saturated heterocycles. The van der Waals surface area contributed by atoms with Crippen molar-refractivity contribution >= 4 is 22.3 Å². The summed E-state index contributed by atoms with van der Waals surface area (Å²) in [5.74, 6) is 1.95. The van der Waals surface area contributed by atoms with Crippen LogP contribution in [0.5, 0.6) is 0 Å². The molecule has 160 valence electrons. The molecule has 2 aliphatic rings. The number of rotatable bonds is 5. The third kappa shape index (κ3) is 4.62. The maximum Gasteiger partial charge on any atom is 0.136 e. The second-order valence-electron chi connectivity index (χ2n) is 9.44. The lowest BCUT2D eigenvalue weighted by Gasteiger charge is -2.38. The Morgan fingerprint density at radius 3 is 2.63 bits per heavy atom. The van der Waals surface area contributed by atoms with E-state index in [1.165, 1.54) is 60.6 Å². The number of aryl methyl sites for hydroxylation is 1. The molecule has 1 aliphatic heterocycles. The number of allylic oxidation sites excluding steroid dienone is 3. The van der Waals surface area contributed by atoms with Crippen molar-refractivity contribution in [2.24, 2.45) is 5.92 Å². The molecule has 2 atom stereocenters. The van der Waals surface area contributed by atoms with Crippen molar-refractivity contribution in [3.05, 3.63) is 54.1 Å². The van der Waals surface area contributed by atoms with E-state index in [1.807, 2.05) is 6.08 Å². The largest absolute Gasteiger partial charge is 0.356 e. The van der Waals surface area contributed by atoms with Gasteiger partial charge in [-0.2, -0.15) is 0 Å². The molecule has 0 bridgehead atoms. The monoisotopic (exact) mass is 403 g/mol. The van der Waals surface area contributed by atoms with Crippen LogP contribution in [0.4, 0.5) is 5.82 Å². The lowest BCUT2D eigenvalue weighted by Crippen LogP contribution is -2.49. The van der Waals surface area contributed by atoms with Crippen LogP contribution in [0.15, 0.2) is 43.0 Å². The second-order valence-corrected chi connectivity index (χ2v) is 9.44. The van der Waals surface area contributed by atoms with E-state index in [1.54, 1.807) is 0 Å². The van der Waals surface area contributed by atoms with Gasteiger partial charge in [-0.25, -0.2) is 4.98 Å². The van der Waals surface area contributed by atoms with Crippen molar-refractivity contribution in [2.75, 3.05) is 18.0 Å². The number of aromatic nitrogens is 1. The Hall–Kier alpha value is -2.13. The summed E-state index contributed by atoms with van der Waals surface area (Å²) in [6.07, 6.45) is 11.9. The number of pyridine rings is 1. The highest BCUT2D eigenvalue weighted by Gasteiger charge is 2.27. The van der Waals surface area contributed by atoms with E-state index in [0.29, 0.717) is 12.1 Å². The zero-order chi connectivity index (χ0) is 21.1. The van der Waals surface area contributed by atoms with E-state index in [9.17, 15) is 0 Å². The molecule has 1 aromatic carbocycles. The van der Waals surface area contributed by atoms with Crippen molar-refractivity contribution in [3.8, 4) is 0 Å². The van der Waals surface area contributed by atoms with Crippen molar-refractivity contribution in [3.63, 3.8) is 0 Å². The van der Waals surface area contributed by atoms with Crippen LogP contribution in [-0.4, -0.2) is 30.2 Å². The van der Waals surface area contributed by atoms with Crippen LogP contribution >= 0.6 is 0 Å². The fourth-order valence-electron chi connectivity index (χ4n) is 5.21. The number of anilines is 1. The first kappa shape index (κ1) is 21.1. The van der Waals surface area contributed by atoms with Crippen LogP contribution in [0.3, 0.4) is 0 Å². The highest BCUT2D eigenvalue weighted by molar-refractivity contribution is 5.88. The molecule has 0 spiro atoms. The summed E-state index contributed by atoms with van der Waals surface area (Å²) in [6.45, 7) is 12.8. The number of fused-ring (bicyclic) bond motifs is 1. The minimum Gasteiger partial charge on any atom is -0.356 e. The minimum atomic E-state index is 0.642. The molecule has 4 rings (SSSR count). The van der Waals surface area contributed by atoms with E-state index in [-0.39, 0.29) is 0 Å². The van der Waals surface area contributed by atoms with E-state index >= 15 is 0 Å². The van der Waals surface area contributed by atoms with Crippen molar-refractivity contribution in [2.45, 2.75) is 71.4 Å². The van der Waals surface area contributed by atoms with E-state index in [2.05, 4.69) is 67.9 Å². The molecule has 0 amide bonds. The van der Waals surface area contributed by atoms with Gasteiger partial charge in [0, 0.05) is 36.1 Å². The summed E-state index contributed by atoms with van der Waals surface area (Å²) in [5.41, 5.74) is 4.83. The average molecular weight is 404 g/mol. The predicted molar refractivity (Wildman–Crippen MR) is 130 cm³/mol. The third-order valence-corrected chi connectivity index (χ3v) is 7.10. The molecule has 2 heterocycles. The molecule has 2 fully saturated rings. The van der Waals surface area contributed by atoms with Crippen molar-refractivity contribution < 1.29 is 0 Å². The van der Waals surface area contributed by atoms with Crippen LogP contribution in [-0.2, 0) is 0 Å². The maximum absolute atomic E-state index is 5.13. The Bertz CT molecular complexity index is 921. The van der Waals surface area contributed by atoms with Gasteiger partial charge in [-0.15, -0.1) is 0 Å². The Morgan fingerprint density at radius 2 is 1.90 bits per heavy atom. The number of piperidine rings is 1. The summed E-state index contributed by atoms with van der Waals surface area (Å²) in [4.78, 5) is 7.62. The smallest absolute Gasteiger partial charge is 0.136 e. The van der Waals surface area contributed by atoms with Crippen LogP contribution in [0.1, 0.15) is 63.5 Å². The number of nitrogens with zero attached hydrogens (tertiary/aromatic N) is 2. The van der Waals surface area contributed by atoms with Gasteiger partial charge in [-0.1, -0.05) is 50.1 Å². The number of benzene rings is 1. The van der Waals surface area contributed by atoms with Gasteiger partial charge in [-0.05, 0) is 69.2 Å². The van der Waals surface area contributed by atoms with Gasteiger partial charge < -0.3 is 10.2 Å². The number of hydrogen-bond donors (Lipinski definition) is 1. The van der Waals surface area contributed by atoms with Crippen LogP contribution in [0.25, 0.3) is 16.5 Å². The fourth-order valence-corrected chi connectivity index (χ4v) is 5.21. The zero-order valence-corrected chi connectivity index (χ0v) is 19.0. The normalized spacial score (nSPS) is 23.7. The lowest BCUT2D eigenvalue weighted by atomic mass is 9.85. The topological polar surface area (TPSA) is 28.2 Å². The second kappa shape index (κ2) is 9.34. The van der Waals surface area contributed by atoms with Gasteiger partial charge in [0.25, 0.3) is 0 Å². The highest BCUT2D eigenvalue weighted by atomic mass is 15.2. The van der Waals surface area contributed by atoms with Gasteiger partial charge in [0.2, 0.25) is 0 Å². The molecule has 1 saturated carbocycles. The molecule has 3 nitrogen and oxygen atoms in total. The Kier molecular flexibility index (Phi) is 6.58. The Morgan fingerprint density at radius 1 is 1.13 bits per heavy atom. The molecule has 2 unspecified atom stereocenters. The van der Waals surface area contributed by atoms with E-state index in [0.717, 1.165) is 30.3 Å². The quantitative estimate of drug-likeness (QED) is 0.596. The van der Waals surface area contributed by atoms with Crippen molar-refractivity contribution in [1.29, 1.82) is 0 Å². The third-order valence-electron chi connectivity index (χ3n) is 7.10. The molecule has 30 heavy (non-hydrogen) atoms. The summed E-state index contributed by atoms with van der Waals surface area (Å²) in [6, 6.07) is 10.2. The first-order valence-corrected chi connectivity index (χ1v) is 11.8.